The number of rotatable bonds is 4. The summed E-state index contributed by atoms with van der Waals surface area (Å²) in [5.41, 5.74) is 1.39. The van der Waals surface area contributed by atoms with Crippen LogP contribution < -0.4 is 9.47 Å². The summed E-state index contributed by atoms with van der Waals surface area (Å²) in [5.74, 6) is 1.19. The largest absolute Gasteiger partial charge is 0.493 e. The van der Waals surface area contributed by atoms with E-state index in [9.17, 15) is 9.90 Å². The summed E-state index contributed by atoms with van der Waals surface area (Å²) in [6.45, 7) is 2.45. The maximum absolute atomic E-state index is 12.8. The molecule has 5 nitrogen and oxygen atoms in total. The van der Waals surface area contributed by atoms with Crippen molar-refractivity contribution in [3.8, 4) is 11.5 Å². The number of carbonyl (C=O) groups excluding carboxylic acids is 1. The van der Waals surface area contributed by atoms with Crippen LogP contribution in [0.25, 0.3) is 0 Å². The van der Waals surface area contributed by atoms with Gasteiger partial charge in [0.15, 0.2) is 17.2 Å². The van der Waals surface area contributed by atoms with E-state index in [1.807, 2.05) is 49.4 Å². The molecule has 2 aromatic carbocycles. The molecule has 1 amide bonds. The number of amides is 1. The third-order valence-corrected chi connectivity index (χ3v) is 6.91. The normalized spacial score (nSPS) is 26.5. The van der Waals surface area contributed by atoms with Gasteiger partial charge in [-0.1, -0.05) is 42.1 Å². The number of thioether (sulfide) groups is 1. The van der Waals surface area contributed by atoms with Crippen LogP contribution in [0.2, 0.25) is 0 Å². The molecule has 1 N–H and O–H groups in total. The van der Waals surface area contributed by atoms with Crippen molar-refractivity contribution in [3.05, 3.63) is 59.2 Å². The van der Waals surface area contributed by atoms with Crippen LogP contribution in [-0.2, 0) is 18.6 Å². The first-order valence-corrected chi connectivity index (χ1v) is 9.77. The zero-order chi connectivity index (χ0) is 19.2. The van der Waals surface area contributed by atoms with Gasteiger partial charge in [0.1, 0.15) is 0 Å². The standard InChI is InChI=1S/C21H23NO4S/c1-20(13-14-7-5-4-6-8-14)21(24)16-12-18(26-3)17(25-2)11-15(16)9-10-22(21)19(23)27-20/h4-8,11-12,24H,9-10,13H2,1-3H3/t20-,21+/m0/s1. The van der Waals surface area contributed by atoms with Gasteiger partial charge in [-0.3, -0.25) is 9.69 Å². The molecule has 0 spiro atoms. The molecule has 0 radical (unpaired) electrons. The molecule has 4 rings (SSSR count). The summed E-state index contributed by atoms with van der Waals surface area (Å²) in [7, 11) is 3.18. The van der Waals surface area contributed by atoms with Gasteiger partial charge < -0.3 is 14.6 Å². The zero-order valence-electron chi connectivity index (χ0n) is 15.7. The SMILES string of the molecule is COc1cc2c(cc1OC)[C@]1(O)N(CC2)C(=O)S[C@@]1(C)Cc1ccccc1. The molecule has 2 heterocycles. The van der Waals surface area contributed by atoms with Gasteiger partial charge in [-0.15, -0.1) is 0 Å². The van der Waals surface area contributed by atoms with E-state index in [0.717, 1.165) is 16.7 Å². The third-order valence-electron chi connectivity index (χ3n) is 5.64. The predicted octanol–water partition coefficient (Wildman–Crippen LogP) is 3.58. The Morgan fingerprint density at radius 3 is 2.48 bits per heavy atom. The first kappa shape index (κ1) is 18.2. The molecule has 6 heteroatoms. The first-order chi connectivity index (χ1) is 12.9. The molecule has 0 aliphatic carbocycles. The lowest BCUT2D eigenvalue weighted by Crippen LogP contribution is -2.57. The molecule has 2 aromatic rings. The number of benzene rings is 2. The number of ether oxygens (including phenoxy) is 2. The Bertz CT molecular complexity index is 887. The molecule has 1 saturated heterocycles. The van der Waals surface area contributed by atoms with Gasteiger partial charge in [0, 0.05) is 12.1 Å². The van der Waals surface area contributed by atoms with Crippen molar-refractivity contribution in [1.82, 2.24) is 4.90 Å². The lowest BCUT2D eigenvalue weighted by atomic mass is 9.78. The Kier molecular flexibility index (Phi) is 4.35. The fourth-order valence-electron chi connectivity index (χ4n) is 4.25. The number of hydrogen-bond acceptors (Lipinski definition) is 5. The number of fused-ring (bicyclic) bond motifs is 3. The van der Waals surface area contributed by atoms with Gasteiger partial charge in [-0.05, 0) is 43.0 Å². The van der Waals surface area contributed by atoms with Crippen LogP contribution >= 0.6 is 11.8 Å². The number of methoxy groups -OCH3 is 2. The van der Waals surface area contributed by atoms with Crippen molar-refractivity contribution in [2.45, 2.75) is 30.2 Å². The molecule has 1 fully saturated rings. The summed E-state index contributed by atoms with van der Waals surface area (Å²) in [6.07, 6.45) is 1.25. The second-order valence-corrected chi connectivity index (χ2v) is 8.65. The first-order valence-electron chi connectivity index (χ1n) is 8.95. The van der Waals surface area contributed by atoms with Crippen LogP contribution in [0.3, 0.4) is 0 Å². The molecule has 142 valence electrons. The highest BCUT2D eigenvalue weighted by Gasteiger charge is 2.63. The molecule has 2 aliphatic heterocycles. The van der Waals surface area contributed by atoms with Crippen molar-refractivity contribution in [2.75, 3.05) is 20.8 Å². The Morgan fingerprint density at radius 2 is 1.81 bits per heavy atom. The highest BCUT2D eigenvalue weighted by molar-refractivity contribution is 8.15. The summed E-state index contributed by atoms with van der Waals surface area (Å²) in [6, 6.07) is 13.7. The van der Waals surface area contributed by atoms with E-state index in [1.165, 1.54) is 11.8 Å². The highest BCUT2D eigenvalue weighted by atomic mass is 32.2. The molecule has 2 aliphatic rings. The lowest BCUT2D eigenvalue weighted by Gasteiger charge is -2.46. The van der Waals surface area contributed by atoms with Crippen LogP contribution in [-0.4, -0.2) is 40.8 Å². The Morgan fingerprint density at radius 1 is 1.15 bits per heavy atom. The van der Waals surface area contributed by atoms with Crippen LogP contribution in [0.5, 0.6) is 11.5 Å². The van der Waals surface area contributed by atoms with Gasteiger partial charge in [0.2, 0.25) is 0 Å². The van der Waals surface area contributed by atoms with Crippen molar-refractivity contribution in [3.63, 3.8) is 0 Å². The Hall–Kier alpha value is -2.18. The minimum atomic E-state index is -1.41. The molecule has 2 atom stereocenters. The fraction of sp³-hybridized carbons (Fsp3) is 0.381. The molecule has 0 bridgehead atoms. The highest BCUT2D eigenvalue weighted by Crippen LogP contribution is 2.57. The van der Waals surface area contributed by atoms with E-state index >= 15 is 0 Å². The zero-order valence-corrected chi connectivity index (χ0v) is 16.5. The quantitative estimate of drug-likeness (QED) is 0.872. The number of aliphatic hydroxyl groups is 1. The maximum Gasteiger partial charge on any atom is 0.284 e. The van der Waals surface area contributed by atoms with E-state index in [-0.39, 0.29) is 5.24 Å². The van der Waals surface area contributed by atoms with Crippen LogP contribution in [0.4, 0.5) is 4.79 Å². The van der Waals surface area contributed by atoms with Crippen LogP contribution in [0.15, 0.2) is 42.5 Å². The monoisotopic (exact) mass is 385 g/mol. The average molecular weight is 385 g/mol. The third kappa shape index (κ3) is 2.62. The molecule has 0 aromatic heterocycles. The fourth-order valence-corrected chi connectivity index (χ4v) is 5.57. The van der Waals surface area contributed by atoms with Crippen molar-refractivity contribution in [2.24, 2.45) is 0 Å². The maximum atomic E-state index is 12.8. The van der Waals surface area contributed by atoms with E-state index in [2.05, 4.69) is 0 Å². The van der Waals surface area contributed by atoms with Gasteiger partial charge >= 0.3 is 0 Å². The smallest absolute Gasteiger partial charge is 0.284 e. The molecular weight excluding hydrogens is 362 g/mol. The number of hydrogen-bond donors (Lipinski definition) is 1. The van der Waals surface area contributed by atoms with Crippen molar-refractivity contribution >= 4 is 17.0 Å². The minimum absolute atomic E-state index is 0.0867. The lowest BCUT2D eigenvalue weighted by molar-refractivity contribution is -0.109. The summed E-state index contributed by atoms with van der Waals surface area (Å²) in [4.78, 5) is 14.4. The second kappa shape index (κ2) is 6.46. The minimum Gasteiger partial charge on any atom is -0.493 e. The average Bonchev–Trinajstić information content (AvgIpc) is 2.87. The van der Waals surface area contributed by atoms with Crippen LogP contribution in [0.1, 0.15) is 23.6 Å². The number of carbonyl (C=O) groups is 1. The summed E-state index contributed by atoms with van der Waals surface area (Å²) in [5, 5.41) is 11.9. The summed E-state index contributed by atoms with van der Waals surface area (Å²) >= 11 is 1.22. The van der Waals surface area contributed by atoms with Crippen molar-refractivity contribution in [1.29, 1.82) is 0 Å². The van der Waals surface area contributed by atoms with Crippen LogP contribution in [0, 0.1) is 0 Å². The van der Waals surface area contributed by atoms with E-state index < -0.39 is 10.5 Å². The van der Waals surface area contributed by atoms with Gasteiger partial charge in [-0.2, -0.15) is 0 Å². The topological polar surface area (TPSA) is 59.0 Å². The second-order valence-electron chi connectivity index (χ2n) is 7.20. The molecule has 0 saturated carbocycles. The Labute approximate surface area is 163 Å². The van der Waals surface area contributed by atoms with E-state index in [4.69, 9.17) is 9.47 Å². The molecule has 27 heavy (non-hydrogen) atoms. The predicted molar refractivity (Wildman–Crippen MR) is 105 cm³/mol. The molecule has 0 unspecified atom stereocenters. The summed E-state index contributed by atoms with van der Waals surface area (Å²) < 4.78 is 10.2. The van der Waals surface area contributed by atoms with Gasteiger partial charge in [0.25, 0.3) is 5.24 Å². The van der Waals surface area contributed by atoms with E-state index in [1.54, 1.807) is 19.1 Å². The van der Waals surface area contributed by atoms with Gasteiger partial charge in [0.05, 0.1) is 19.0 Å². The van der Waals surface area contributed by atoms with Crippen molar-refractivity contribution < 1.29 is 19.4 Å². The molecular formula is C21H23NO4S. The number of nitrogens with zero attached hydrogens (tertiary/aromatic N) is 1. The Balaban J connectivity index is 1.86. The van der Waals surface area contributed by atoms with Gasteiger partial charge in [-0.25, -0.2) is 0 Å². The van der Waals surface area contributed by atoms with E-state index in [0.29, 0.717) is 30.9 Å².